The number of hydrogen-bond donors (Lipinski definition) is 2. The number of ether oxygens (including phenoxy) is 1. The molecule has 0 saturated carbocycles. The van der Waals surface area contributed by atoms with Gasteiger partial charge in [0.2, 0.25) is 10.0 Å². The van der Waals surface area contributed by atoms with Gasteiger partial charge >= 0.3 is 0 Å². The van der Waals surface area contributed by atoms with Crippen molar-refractivity contribution in [2.75, 3.05) is 13.2 Å². The first-order valence-corrected chi connectivity index (χ1v) is 17.0. The van der Waals surface area contributed by atoms with Gasteiger partial charge < -0.3 is 9.72 Å². The second-order valence-electron chi connectivity index (χ2n) is 10.4. The molecular weight excluding hydrogens is 618 g/mol. The van der Waals surface area contributed by atoms with E-state index < -0.39 is 10.0 Å². The Morgan fingerprint density at radius 2 is 1.83 bits per heavy atom. The van der Waals surface area contributed by atoms with Crippen molar-refractivity contribution < 1.29 is 13.2 Å². The maximum Gasteiger partial charge on any atom is 0.277 e. The molecule has 0 fully saturated rings. The van der Waals surface area contributed by atoms with Gasteiger partial charge in [-0.2, -0.15) is 0 Å². The minimum Gasteiger partial charge on any atom is -0.493 e. The lowest BCUT2D eigenvalue weighted by Crippen LogP contribution is -2.26. The van der Waals surface area contributed by atoms with Crippen LogP contribution >= 0.6 is 15.9 Å². The molecule has 0 amide bonds. The van der Waals surface area contributed by atoms with Crippen molar-refractivity contribution in [2.24, 2.45) is 0 Å². The predicted octanol–water partition coefficient (Wildman–Crippen LogP) is 6.54. The summed E-state index contributed by atoms with van der Waals surface area (Å²) in [5.74, 6) is 1.56. The molecular formula is C31H40BrN5O4S. The third-order valence-electron chi connectivity index (χ3n) is 7.40. The molecule has 42 heavy (non-hydrogen) atoms. The smallest absolute Gasteiger partial charge is 0.277 e. The van der Waals surface area contributed by atoms with Gasteiger partial charge in [0.15, 0.2) is 11.3 Å². The maximum atomic E-state index is 13.3. The molecule has 4 aromatic rings. The summed E-state index contributed by atoms with van der Waals surface area (Å²) in [7, 11) is -3.84. The summed E-state index contributed by atoms with van der Waals surface area (Å²) in [4.78, 5) is 21.0. The van der Waals surface area contributed by atoms with Crippen molar-refractivity contribution in [3.05, 3.63) is 74.4 Å². The highest BCUT2D eigenvalue weighted by molar-refractivity contribution is 9.10. The fraction of sp³-hybridized carbons (Fsp3) is 0.452. The average molecular weight is 659 g/mol. The molecule has 2 heterocycles. The Morgan fingerprint density at radius 3 is 2.52 bits per heavy atom. The fourth-order valence-electron chi connectivity index (χ4n) is 5.12. The third kappa shape index (κ3) is 7.48. The molecule has 2 aromatic carbocycles. The van der Waals surface area contributed by atoms with Crippen LogP contribution < -0.4 is 15.0 Å². The number of aryl methyl sites for hydroxylation is 1. The predicted molar refractivity (Wildman–Crippen MR) is 170 cm³/mol. The zero-order chi connectivity index (χ0) is 30.3. The summed E-state index contributed by atoms with van der Waals surface area (Å²) >= 11 is 3.41. The molecule has 0 aliphatic carbocycles. The minimum atomic E-state index is -3.84. The molecule has 0 aliphatic rings. The Hall–Kier alpha value is -3.02. The summed E-state index contributed by atoms with van der Waals surface area (Å²) < 4.78 is 37.7. The number of nitrogens with zero attached hydrogens (tertiary/aromatic N) is 3. The third-order valence-corrected chi connectivity index (χ3v) is 9.39. The number of aromatic nitrogens is 4. The zero-order valence-electron chi connectivity index (χ0n) is 24.7. The van der Waals surface area contributed by atoms with Crippen LogP contribution in [0.5, 0.6) is 5.75 Å². The molecule has 2 N–H and O–H groups in total. The summed E-state index contributed by atoms with van der Waals surface area (Å²) in [6.07, 6.45) is 6.98. The Labute approximate surface area is 256 Å². The molecule has 2 aromatic heterocycles. The Kier molecular flexibility index (Phi) is 11.0. The number of imidazole rings is 1. The van der Waals surface area contributed by atoms with Gasteiger partial charge in [-0.3, -0.25) is 4.79 Å². The van der Waals surface area contributed by atoms with E-state index in [9.17, 15) is 13.2 Å². The van der Waals surface area contributed by atoms with Crippen molar-refractivity contribution in [2.45, 2.75) is 83.5 Å². The molecule has 11 heteroatoms. The molecule has 0 radical (unpaired) electrons. The number of benzene rings is 2. The maximum absolute atomic E-state index is 13.3. The van der Waals surface area contributed by atoms with Gasteiger partial charge in [0, 0.05) is 16.9 Å². The van der Waals surface area contributed by atoms with Crippen molar-refractivity contribution in [1.29, 1.82) is 0 Å². The number of hydrogen-bond acceptors (Lipinski definition) is 6. The van der Waals surface area contributed by atoms with E-state index in [4.69, 9.17) is 14.8 Å². The van der Waals surface area contributed by atoms with E-state index >= 15 is 0 Å². The van der Waals surface area contributed by atoms with E-state index in [0.717, 1.165) is 41.5 Å². The SMILES string of the molecule is CCCCCCC(CC)c1nc(C)c2c(=O)[nH]c(-c3cc(S(=O)(=O)NCCc4ccc(Br)cc4)ccc3OCC)nn12. The first-order valence-electron chi connectivity index (χ1n) is 14.7. The molecule has 0 saturated heterocycles. The Balaban J connectivity index is 1.69. The zero-order valence-corrected chi connectivity index (χ0v) is 27.1. The van der Waals surface area contributed by atoms with Crippen molar-refractivity contribution in [3.63, 3.8) is 0 Å². The second kappa shape index (κ2) is 14.4. The first kappa shape index (κ1) is 31.9. The van der Waals surface area contributed by atoms with Gasteiger partial charge in [0.25, 0.3) is 5.56 Å². The van der Waals surface area contributed by atoms with Gasteiger partial charge in [-0.25, -0.2) is 22.6 Å². The van der Waals surface area contributed by atoms with Gasteiger partial charge in [-0.1, -0.05) is 67.6 Å². The van der Waals surface area contributed by atoms with Crippen LogP contribution in [-0.2, 0) is 16.4 Å². The van der Waals surface area contributed by atoms with Crippen molar-refractivity contribution >= 4 is 31.5 Å². The first-order chi connectivity index (χ1) is 20.2. The summed E-state index contributed by atoms with van der Waals surface area (Å²) in [5.41, 5.74) is 2.09. The topological polar surface area (TPSA) is 118 Å². The van der Waals surface area contributed by atoms with Crippen LogP contribution in [0, 0.1) is 6.92 Å². The number of aromatic amines is 1. The quantitative estimate of drug-likeness (QED) is 0.140. The largest absolute Gasteiger partial charge is 0.493 e. The lowest BCUT2D eigenvalue weighted by atomic mass is 9.97. The van der Waals surface area contributed by atoms with Crippen LogP contribution in [-0.4, -0.2) is 41.2 Å². The van der Waals surface area contributed by atoms with E-state index in [1.54, 1.807) is 10.6 Å². The van der Waals surface area contributed by atoms with Crippen molar-refractivity contribution in [1.82, 2.24) is 24.3 Å². The normalized spacial score (nSPS) is 12.6. The van der Waals surface area contributed by atoms with E-state index in [0.29, 0.717) is 35.6 Å². The molecule has 0 spiro atoms. The second-order valence-corrected chi connectivity index (χ2v) is 13.1. The van der Waals surface area contributed by atoms with Crippen molar-refractivity contribution in [3.8, 4) is 17.1 Å². The van der Waals surface area contributed by atoms with Gasteiger partial charge in [-0.15, -0.1) is 5.10 Å². The number of sulfonamides is 1. The van der Waals surface area contributed by atoms with Crippen LogP contribution in [0.1, 0.15) is 82.3 Å². The monoisotopic (exact) mass is 657 g/mol. The van der Waals surface area contributed by atoms with E-state index in [-0.39, 0.29) is 28.7 Å². The molecule has 226 valence electrons. The van der Waals surface area contributed by atoms with E-state index in [1.165, 1.54) is 25.0 Å². The Bertz CT molecular complexity index is 1670. The van der Waals surface area contributed by atoms with Crippen LogP contribution in [0.25, 0.3) is 16.9 Å². The number of fused-ring (bicyclic) bond motifs is 1. The van der Waals surface area contributed by atoms with Crippen LogP contribution in [0.15, 0.2) is 56.6 Å². The van der Waals surface area contributed by atoms with E-state index in [1.807, 2.05) is 38.1 Å². The summed E-state index contributed by atoms with van der Waals surface area (Å²) in [6, 6.07) is 12.4. The van der Waals surface area contributed by atoms with Crippen LogP contribution in [0.3, 0.4) is 0 Å². The van der Waals surface area contributed by atoms with E-state index in [2.05, 4.69) is 39.5 Å². The summed E-state index contributed by atoms with van der Waals surface area (Å²) in [6.45, 7) is 8.58. The molecule has 0 bridgehead atoms. The van der Waals surface area contributed by atoms with Crippen LogP contribution in [0.2, 0.25) is 0 Å². The lowest BCUT2D eigenvalue weighted by molar-refractivity contribution is 0.341. The minimum absolute atomic E-state index is 0.0592. The highest BCUT2D eigenvalue weighted by atomic mass is 79.9. The van der Waals surface area contributed by atoms with Gasteiger partial charge in [0.05, 0.1) is 22.8 Å². The van der Waals surface area contributed by atoms with Gasteiger partial charge in [0.1, 0.15) is 11.6 Å². The molecule has 4 rings (SSSR count). The number of H-pyrrole nitrogens is 1. The number of nitrogens with one attached hydrogen (secondary N) is 2. The lowest BCUT2D eigenvalue weighted by Gasteiger charge is -2.15. The molecule has 0 aliphatic heterocycles. The highest BCUT2D eigenvalue weighted by Crippen LogP contribution is 2.31. The number of halogens is 1. The molecule has 1 unspecified atom stereocenters. The Morgan fingerprint density at radius 1 is 1.07 bits per heavy atom. The highest BCUT2D eigenvalue weighted by Gasteiger charge is 2.23. The summed E-state index contributed by atoms with van der Waals surface area (Å²) in [5, 5.41) is 4.81. The molecule has 1 atom stereocenters. The van der Waals surface area contributed by atoms with Gasteiger partial charge in [-0.05, 0) is 69.0 Å². The molecule has 9 nitrogen and oxygen atoms in total. The standard InChI is InChI=1S/C31H40BrN5O4S/c1-5-8-9-10-11-23(6-2)30-34-21(4)28-31(38)35-29(36-37(28)30)26-20-25(16-17-27(26)41-7-3)42(39,40)33-19-18-22-12-14-24(32)15-13-22/h12-17,20,23,33H,5-11,18-19H2,1-4H3,(H,35,36,38). The average Bonchev–Trinajstić information content (AvgIpc) is 3.30. The number of unbranched alkanes of at least 4 members (excludes halogenated alkanes) is 3. The fourth-order valence-corrected chi connectivity index (χ4v) is 6.44. The number of rotatable bonds is 15. The van der Waals surface area contributed by atoms with Crippen LogP contribution in [0.4, 0.5) is 0 Å².